The highest BCUT2D eigenvalue weighted by molar-refractivity contribution is 8.00. The van der Waals surface area contributed by atoms with E-state index < -0.39 is 0 Å². The van der Waals surface area contributed by atoms with Crippen LogP contribution < -0.4 is 5.32 Å². The Morgan fingerprint density at radius 3 is 2.50 bits per heavy atom. The van der Waals surface area contributed by atoms with Crippen LogP contribution in [0.25, 0.3) is 11.4 Å². The van der Waals surface area contributed by atoms with Gasteiger partial charge in [-0.15, -0.1) is 5.10 Å². The first-order valence-corrected chi connectivity index (χ1v) is 9.49. The highest BCUT2D eigenvalue weighted by atomic mass is 32.2. The highest BCUT2D eigenvalue weighted by Gasteiger charge is 2.17. The van der Waals surface area contributed by atoms with Crippen LogP contribution >= 0.6 is 11.8 Å². The molecule has 0 saturated heterocycles. The number of H-pyrrole nitrogens is 1. The molecule has 3 rings (SSSR count). The maximum Gasteiger partial charge on any atom is 0.237 e. The van der Waals surface area contributed by atoms with Crippen LogP contribution in [0.3, 0.4) is 0 Å². The van der Waals surface area contributed by atoms with E-state index in [1.165, 1.54) is 22.9 Å². The van der Waals surface area contributed by atoms with Gasteiger partial charge in [0, 0.05) is 11.3 Å². The predicted octanol–water partition coefficient (Wildman–Crippen LogP) is 4.46. The molecule has 26 heavy (non-hydrogen) atoms. The predicted molar refractivity (Wildman–Crippen MR) is 106 cm³/mol. The van der Waals surface area contributed by atoms with Crippen molar-refractivity contribution in [3.8, 4) is 11.4 Å². The van der Waals surface area contributed by atoms with Crippen molar-refractivity contribution in [2.24, 2.45) is 0 Å². The molecule has 6 heteroatoms. The molecule has 0 aliphatic heterocycles. The Morgan fingerprint density at radius 1 is 1.15 bits per heavy atom. The second kappa shape index (κ2) is 8.19. The van der Waals surface area contributed by atoms with Gasteiger partial charge in [-0.1, -0.05) is 60.6 Å². The molecule has 0 fully saturated rings. The number of aromatic nitrogens is 3. The zero-order chi connectivity index (χ0) is 18.5. The summed E-state index contributed by atoms with van der Waals surface area (Å²) in [6.07, 6.45) is 0.981. The number of hydrogen-bond acceptors (Lipinski definition) is 4. The fourth-order valence-corrected chi connectivity index (χ4v) is 3.14. The van der Waals surface area contributed by atoms with E-state index >= 15 is 0 Å². The van der Waals surface area contributed by atoms with Crippen LogP contribution in [0.5, 0.6) is 0 Å². The van der Waals surface area contributed by atoms with Crippen LogP contribution in [0.4, 0.5) is 5.69 Å². The van der Waals surface area contributed by atoms with Crippen molar-refractivity contribution in [1.29, 1.82) is 0 Å². The van der Waals surface area contributed by atoms with Crippen molar-refractivity contribution in [2.45, 2.75) is 37.6 Å². The van der Waals surface area contributed by atoms with Gasteiger partial charge in [-0.05, 0) is 38.0 Å². The van der Waals surface area contributed by atoms with Crippen LogP contribution in [0.15, 0.2) is 53.7 Å². The lowest BCUT2D eigenvalue weighted by molar-refractivity contribution is -0.115. The van der Waals surface area contributed by atoms with Crippen molar-refractivity contribution in [3.05, 3.63) is 59.7 Å². The fraction of sp³-hybridized carbons (Fsp3) is 0.250. The third-order valence-corrected chi connectivity index (χ3v) is 5.03. The summed E-state index contributed by atoms with van der Waals surface area (Å²) in [6.45, 7) is 6.00. The van der Waals surface area contributed by atoms with E-state index in [4.69, 9.17) is 0 Å². The number of anilines is 1. The minimum atomic E-state index is -0.303. The average Bonchev–Trinajstić information content (AvgIpc) is 3.11. The number of carbonyl (C=O) groups excluding carboxylic acids is 1. The molecule has 1 atom stereocenters. The first kappa shape index (κ1) is 18.2. The van der Waals surface area contributed by atoms with E-state index in [0.29, 0.717) is 11.0 Å². The van der Waals surface area contributed by atoms with Gasteiger partial charge in [0.25, 0.3) is 0 Å². The summed E-state index contributed by atoms with van der Waals surface area (Å²) in [5.41, 5.74) is 4.22. The molecular formula is C20H22N4OS. The summed E-state index contributed by atoms with van der Waals surface area (Å²) in [5.74, 6) is 0.635. The van der Waals surface area contributed by atoms with E-state index in [2.05, 4.69) is 27.4 Å². The Kier molecular flexibility index (Phi) is 5.73. The van der Waals surface area contributed by atoms with Gasteiger partial charge in [0.1, 0.15) is 0 Å². The molecular weight excluding hydrogens is 344 g/mol. The molecule has 0 spiro atoms. The minimum absolute atomic E-state index is 0.0686. The summed E-state index contributed by atoms with van der Waals surface area (Å²) in [5, 5.41) is 10.3. The molecule has 1 aromatic heterocycles. The molecule has 1 amide bonds. The summed E-state index contributed by atoms with van der Waals surface area (Å²) < 4.78 is 0. The second-order valence-electron chi connectivity index (χ2n) is 6.13. The number of thioether (sulfide) groups is 1. The van der Waals surface area contributed by atoms with E-state index in [0.717, 1.165) is 17.7 Å². The van der Waals surface area contributed by atoms with Gasteiger partial charge in [-0.25, -0.2) is 4.98 Å². The molecule has 2 aromatic carbocycles. The number of aromatic amines is 1. The van der Waals surface area contributed by atoms with Crippen molar-refractivity contribution in [2.75, 3.05) is 5.32 Å². The Bertz CT molecular complexity index is 872. The third-order valence-electron chi connectivity index (χ3n) is 4.07. The zero-order valence-electron chi connectivity index (χ0n) is 15.1. The van der Waals surface area contributed by atoms with Gasteiger partial charge in [-0.2, -0.15) is 0 Å². The normalized spacial score (nSPS) is 12.0. The number of nitrogens with zero attached hydrogens (tertiary/aromatic N) is 2. The van der Waals surface area contributed by atoms with Gasteiger partial charge < -0.3 is 5.32 Å². The maximum atomic E-state index is 12.4. The molecule has 0 unspecified atom stereocenters. The van der Waals surface area contributed by atoms with Gasteiger partial charge in [0.15, 0.2) is 5.82 Å². The highest BCUT2D eigenvalue weighted by Crippen LogP contribution is 2.24. The largest absolute Gasteiger partial charge is 0.325 e. The van der Waals surface area contributed by atoms with Gasteiger partial charge in [0.2, 0.25) is 11.1 Å². The molecule has 0 radical (unpaired) electrons. The Hall–Kier alpha value is -2.60. The monoisotopic (exact) mass is 366 g/mol. The number of carbonyl (C=O) groups is 1. The second-order valence-corrected chi connectivity index (χ2v) is 7.44. The zero-order valence-corrected chi connectivity index (χ0v) is 15.9. The van der Waals surface area contributed by atoms with Crippen LogP contribution in [0.1, 0.15) is 25.0 Å². The summed E-state index contributed by atoms with van der Waals surface area (Å²) in [6, 6.07) is 16.0. The SMILES string of the molecule is CCc1ccc(NC(=O)[C@H](C)Sc2n[nH]c(-c3ccc(C)cc3)n2)cc1. The number of hydrogen-bond donors (Lipinski definition) is 2. The summed E-state index contributed by atoms with van der Waals surface area (Å²) in [4.78, 5) is 16.9. The fourth-order valence-electron chi connectivity index (χ4n) is 2.42. The number of aryl methyl sites for hydroxylation is 2. The Morgan fingerprint density at radius 2 is 1.85 bits per heavy atom. The lowest BCUT2D eigenvalue weighted by Crippen LogP contribution is -2.22. The van der Waals surface area contributed by atoms with Crippen LogP contribution in [0.2, 0.25) is 0 Å². The van der Waals surface area contributed by atoms with Crippen LogP contribution in [-0.4, -0.2) is 26.3 Å². The Labute approximate surface area is 157 Å². The number of rotatable bonds is 6. The number of benzene rings is 2. The summed E-state index contributed by atoms with van der Waals surface area (Å²) >= 11 is 1.33. The van der Waals surface area contributed by atoms with E-state index in [1.54, 1.807) is 0 Å². The van der Waals surface area contributed by atoms with Gasteiger partial charge in [-0.3, -0.25) is 9.89 Å². The van der Waals surface area contributed by atoms with E-state index in [9.17, 15) is 4.79 Å². The average molecular weight is 366 g/mol. The lowest BCUT2D eigenvalue weighted by Gasteiger charge is -2.10. The Balaban J connectivity index is 1.61. The van der Waals surface area contributed by atoms with Gasteiger partial charge in [0.05, 0.1) is 5.25 Å². The first-order chi connectivity index (χ1) is 12.5. The van der Waals surface area contributed by atoms with Gasteiger partial charge >= 0.3 is 0 Å². The topological polar surface area (TPSA) is 70.7 Å². The molecule has 134 valence electrons. The van der Waals surface area contributed by atoms with Crippen LogP contribution in [-0.2, 0) is 11.2 Å². The van der Waals surface area contributed by atoms with Crippen molar-refractivity contribution in [3.63, 3.8) is 0 Å². The molecule has 5 nitrogen and oxygen atoms in total. The molecule has 0 saturated carbocycles. The summed E-state index contributed by atoms with van der Waals surface area (Å²) in [7, 11) is 0. The number of nitrogens with one attached hydrogen (secondary N) is 2. The van der Waals surface area contributed by atoms with Crippen LogP contribution in [0, 0.1) is 6.92 Å². The molecule has 0 aliphatic carbocycles. The minimum Gasteiger partial charge on any atom is -0.325 e. The smallest absolute Gasteiger partial charge is 0.237 e. The van der Waals surface area contributed by atoms with E-state index in [-0.39, 0.29) is 11.2 Å². The third kappa shape index (κ3) is 4.52. The quantitative estimate of drug-likeness (QED) is 0.632. The van der Waals surface area contributed by atoms with E-state index in [1.807, 2.05) is 62.4 Å². The van der Waals surface area contributed by atoms with Crippen molar-refractivity contribution in [1.82, 2.24) is 15.2 Å². The maximum absolute atomic E-state index is 12.4. The lowest BCUT2D eigenvalue weighted by atomic mass is 10.1. The standard InChI is InChI=1S/C20H22N4OS/c1-4-15-7-11-17(12-8-15)21-19(25)14(3)26-20-22-18(23-24-20)16-9-5-13(2)6-10-16/h5-12,14H,4H2,1-3H3,(H,21,25)(H,22,23,24)/t14-/m0/s1. The first-order valence-electron chi connectivity index (χ1n) is 8.61. The molecule has 3 aromatic rings. The number of amides is 1. The van der Waals surface area contributed by atoms with Crippen molar-refractivity contribution >= 4 is 23.4 Å². The molecule has 2 N–H and O–H groups in total. The van der Waals surface area contributed by atoms with Crippen molar-refractivity contribution < 1.29 is 4.79 Å². The molecule has 0 aliphatic rings. The molecule has 0 bridgehead atoms. The molecule has 1 heterocycles.